The van der Waals surface area contributed by atoms with E-state index in [1.54, 1.807) is 7.11 Å². The van der Waals surface area contributed by atoms with Crippen molar-refractivity contribution < 1.29 is 18.9 Å². The van der Waals surface area contributed by atoms with Gasteiger partial charge in [-0.15, -0.1) is 0 Å². The highest BCUT2D eigenvalue weighted by atomic mass is 16.6. The van der Waals surface area contributed by atoms with E-state index >= 15 is 0 Å². The van der Waals surface area contributed by atoms with Crippen molar-refractivity contribution in [2.75, 3.05) is 40.1 Å². The van der Waals surface area contributed by atoms with E-state index in [1.807, 2.05) is 13.8 Å². The third kappa shape index (κ3) is 11.0. The number of hydrogen-bond acceptors (Lipinski definition) is 4. The fourth-order valence-corrected chi connectivity index (χ4v) is 1.23. The zero-order valence-corrected chi connectivity index (χ0v) is 12.6. The van der Waals surface area contributed by atoms with Crippen molar-refractivity contribution in [3.8, 4) is 0 Å². The van der Waals surface area contributed by atoms with E-state index in [1.165, 1.54) is 0 Å². The van der Waals surface area contributed by atoms with Gasteiger partial charge < -0.3 is 18.9 Å². The quantitative estimate of drug-likeness (QED) is 0.506. The molecule has 0 aromatic carbocycles. The normalized spacial score (nSPS) is 16.5. The second-order valence-corrected chi connectivity index (χ2v) is 4.87. The van der Waals surface area contributed by atoms with Crippen LogP contribution in [0.25, 0.3) is 0 Å². The minimum Gasteiger partial charge on any atom is -0.382 e. The molecule has 0 radical (unpaired) electrons. The lowest BCUT2D eigenvalue weighted by Gasteiger charge is -2.19. The van der Waals surface area contributed by atoms with Crippen LogP contribution in [0.15, 0.2) is 0 Å². The number of hydrogen-bond donors (Lipinski definition) is 0. The third-order valence-electron chi connectivity index (χ3n) is 2.76. The molecule has 0 aliphatic rings. The first-order valence-corrected chi connectivity index (χ1v) is 6.90. The van der Waals surface area contributed by atoms with Crippen LogP contribution in [-0.4, -0.2) is 52.4 Å². The molecule has 3 atom stereocenters. The van der Waals surface area contributed by atoms with Crippen molar-refractivity contribution in [3.05, 3.63) is 0 Å². The molecule has 0 bridgehead atoms. The second-order valence-electron chi connectivity index (χ2n) is 4.87. The predicted octanol–water partition coefficient (Wildman–Crippen LogP) is 2.51. The zero-order valence-electron chi connectivity index (χ0n) is 12.6. The fraction of sp³-hybridized carbons (Fsp3) is 1.00. The van der Waals surface area contributed by atoms with Crippen LogP contribution in [0.1, 0.15) is 34.1 Å². The van der Waals surface area contributed by atoms with Crippen LogP contribution in [0, 0.1) is 5.92 Å². The van der Waals surface area contributed by atoms with E-state index in [0.29, 0.717) is 32.3 Å². The highest BCUT2D eigenvalue weighted by molar-refractivity contribution is 4.54. The molecule has 0 aromatic heterocycles. The maximum atomic E-state index is 5.70. The largest absolute Gasteiger partial charge is 0.382 e. The molecule has 0 rings (SSSR count). The summed E-state index contributed by atoms with van der Waals surface area (Å²) in [6, 6.07) is 0. The van der Waals surface area contributed by atoms with Gasteiger partial charge in [0.25, 0.3) is 0 Å². The van der Waals surface area contributed by atoms with Gasteiger partial charge in [0.05, 0.1) is 38.6 Å². The molecule has 0 saturated heterocycles. The highest BCUT2D eigenvalue weighted by Gasteiger charge is 2.08. The summed E-state index contributed by atoms with van der Waals surface area (Å²) >= 11 is 0. The third-order valence-corrected chi connectivity index (χ3v) is 2.76. The van der Waals surface area contributed by atoms with Gasteiger partial charge in [0.1, 0.15) is 0 Å². The zero-order chi connectivity index (χ0) is 13.8. The van der Waals surface area contributed by atoms with Crippen LogP contribution >= 0.6 is 0 Å². The van der Waals surface area contributed by atoms with Gasteiger partial charge in [-0.2, -0.15) is 0 Å². The summed E-state index contributed by atoms with van der Waals surface area (Å²) in [6.45, 7) is 11.7. The molecule has 0 spiro atoms. The standard InChI is InChI=1S/C14H30O4/c1-6-12(2)9-17-14(4)11-18-13(3)10-16-8-7-15-5/h12-14H,6-11H2,1-5H3. The molecular weight excluding hydrogens is 232 g/mol. The Labute approximate surface area is 112 Å². The van der Waals surface area contributed by atoms with E-state index in [9.17, 15) is 0 Å². The minimum absolute atomic E-state index is 0.0940. The van der Waals surface area contributed by atoms with Crippen molar-refractivity contribution in [3.63, 3.8) is 0 Å². The Kier molecular flexibility index (Phi) is 11.8. The van der Waals surface area contributed by atoms with Gasteiger partial charge in [-0.25, -0.2) is 0 Å². The Morgan fingerprint density at radius 2 is 1.44 bits per heavy atom. The summed E-state index contributed by atoms with van der Waals surface area (Å²) in [5.74, 6) is 0.613. The molecule has 18 heavy (non-hydrogen) atoms. The van der Waals surface area contributed by atoms with Crippen molar-refractivity contribution >= 4 is 0 Å². The molecular formula is C14H30O4. The first-order chi connectivity index (χ1) is 8.60. The Morgan fingerprint density at radius 1 is 0.833 bits per heavy atom. The number of methoxy groups -OCH3 is 1. The summed E-state index contributed by atoms with van der Waals surface area (Å²) in [6.07, 6.45) is 1.38. The van der Waals surface area contributed by atoms with Crippen molar-refractivity contribution in [2.45, 2.75) is 46.3 Å². The Balaban J connectivity index is 3.43. The molecule has 0 fully saturated rings. The van der Waals surface area contributed by atoms with Crippen LogP contribution < -0.4 is 0 Å². The topological polar surface area (TPSA) is 36.9 Å². The molecule has 4 nitrogen and oxygen atoms in total. The lowest BCUT2D eigenvalue weighted by Crippen LogP contribution is -2.25. The van der Waals surface area contributed by atoms with Crippen LogP contribution in [0.3, 0.4) is 0 Å². The van der Waals surface area contributed by atoms with Crippen LogP contribution in [0.5, 0.6) is 0 Å². The molecule has 0 saturated carbocycles. The van der Waals surface area contributed by atoms with Gasteiger partial charge in [-0.3, -0.25) is 0 Å². The van der Waals surface area contributed by atoms with Crippen molar-refractivity contribution in [1.29, 1.82) is 0 Å². The van der Waals surface area contributed by atoms with Crippen LogP contribution in [0.2, 0.25) is 0 Å². The molecule has 110 valence electrons. The molecule has 0 amide bonds. The Bertz CT molecular complexity index is 175. The van der Waals surface area contributed by atoms with Gasteiger partial charge in [0, 0.05) is 13.7 Å². The lowest BCUT2D eigenvalue weighted by atomic mass is 10.1. The van der Waals surface area contributed by atoms with E-state index < -0.39 is 0 Å². The van der Waals surface area contributed by atoms with Crippen LogP contribution in [-0.2, 0) is 18.9 Å². The van der Waals surface area contributed by atoms with Gasteiger partial charge in [-0.1, -0.05) is 20.3 Å². The smallest absolute Gasteiger partial charge is 0.0781 e. The summed E-state index contributed by atoms with van der Waals surface area (Å²) in [4.78, 5) is 0. The first-order valence-electron chi connectivity index (χ1n) is 6.90. The van der Waals surface area contributed by atoms with Crippen molar-refractivity contribution in [1.82, 2.24) is 0 Å². The Hall–Kier alpha value is -0.160. The maximum absolute atomic E-state index is 5.70. The monoisotopic (exact) mass is 262 g/mol. The van der Waals surface area contributed by atoms with E-state index in [2.05, 4.69) is 13.8 Å². The number of rotatable bonds is 12. The van der Waals surface area contributed by atoms with Crippen LogP contribution in [0.4, 0.5) is 0 Å². The molecule has 0 aliphatic carbocycles. The summed E-state index contributed by atoms with van der Waals surface area (Å²) in [5.41, 5.74) is 0. The van der Waals surface area contributed by atoms with Gasteiger partial charge in [0.2, 0.25) is 0 Å². The Morgan fingerprint density at radius 3 is 2.06 bits per heavy atom. The van der Waals surface area contributed by atoms with E-state index in [4.69, 9.17) is 18.9 Å². The molecule has 4 heteroatoms. The molecule has 3 unspecified atom stereocenters. The minimum atomic E-state index is 0.0940. The molecule has 0 heterocycles. The first kappa shape index (κ1) is 17.8. The average Bonchev–Trinajstić information content (AvgIpc) is 2.38. The fourth-order valence-electron chi connectivity index (χ4n) is 1.23. The van der Waals surface area contributed by atoms with E-state index in [-0.39, 0.29) is 12.2 Å². The highest BCUT2D eigenvalue weighted by Crippen LogP contribution is 2.04. The van der Waals surface area contributed by atoms with Gasteiger partial charge in [0.15, 0.2) is 0 Å². The molecule has 0 aromatic rings. The summed E-state index contributed by atoms with van der Waals surface area (Å²) in [7, 11) is 1.67. The summed E-state index contributed by atoms with van der Waals surface area (Å²) in [5, 5.41) is 0. The van der Waals surface area contributed by atoms with E-state index in [0.717, 1.165) is 13.0 Å². The SMILES string of the molecule is CCC(C)COC(C)COC(C)COCCOC. The van der Waals surface area contributed by atoms with Crippen molar-refractivity contribution in [2.24, 2.45) is 5.92 Å². The molecule has 0 aliphatic heterocycles. The lowest BCUT2D eigenvalue weighted by molar-refractivity contribution is -0.0654. The number of ether oxygens (including phenoxy) is 4. The average molecular weight is 262 g/mol. The predicted molar refractivity (Wildman–Crippen MR) is 73.0 cm³/mol. The molecule has 0 N–H and O–H groups in total. The summed E-state index contributed by atoms with van der Waals surface area (Å²) < 4.78 is 21.7. The maximum Gasteiger partial charge on any atom is 0.0781 e. The van der Waals surface area contributed by atoms with Gasteiger partial charge >= 0.3 is 0 Å². The van der Waals surface area contributed by atoms with Gasteiger partial charge in [-0.05, 0) is 19.8 Å². The second kappa shape index (κ2) is 11.9.